The number of carboxylic acids is 1. The Morgan fingerprint density at radius 2 is 2.06 bits per heavy atom. The fourth-order valence-corrected chi connectivity index (χ4v) is 2.20. The molecule has 0 radical (unpaired) electrons. The summed E-state index contributed by atoms with van der Waals surface area (Å²) >= 11 is 0. The van der Waals surface area contributed by atoms with Crippen molar-refractivity contribution in [3.05, 3.63) is 23.0 Å². The molecule has 96 valence electrons. The molecular weight excluding hydrogens is 214 g/mol. The number of aryl methyl sites for hydroxylation is 2. The molecule has 1 aromatic heterocycles. The van der Waals surface area contributed by atoms with Crippen LogP contribution in [0.4, 0.5) is 0 Å². The number of aliphatic carboxylic acids is 1. The molecule has 1 N–H and O–H groups in total. The van der Waals surface area contributed by atoms with E-state index in [0.717, 1.165) is 19.4 Å². The van der Waals surface area contributed by atoms with Gasteiger partial charge in [-0.15, -0.1) is 0 Å². The molecule has 0 unspecified atom stereocenters. The number of nitrogens with zero attached hydrogens (tertiary/aromatic N) is 1. The minimum atomic E-state index is -0.707. The smallest absolute Gasteiger partial charge is 0.303 e. The number of aromatic nitrogens is 1. The van der Waals surface area contributed by atoms with Crippen LogP contribution in [0, 0.1) is 19.8 Å². The van der Waals surface area contributed by atoms with Crippen molar-refractivity contribution >= 4 is 5.97 Å². The molecule has 0 aliphatic carbocycles. The summed E-state index contributed by atoms with van der Waals surface area (Å²) in [6.07, 6.45) is 1.85. The second kappa shape index (κ2) is 5.89. The van der Waals surface area contributed by atoms with Gasteiger partial charge in [0.1, 0.15) is 0 Å². The van der Waals surface area contributed by atoms with Crippen LogP contribution < -0.4 is 0 Å². The van der Waals surface area contributed by atoms with Crippen LogP contribution in [-0.2, 0) is 17.8 Å². The molecule has 1 rings (SSSR count). The molecule has 0 bridgehead atoms. The highest BCUT2D eigenvalue weighted by atomic mass is 16.4. The van der Waals surface area contributed by atoms with Crippen LogP contribution in [0.5, 0.6) is 0 Å². The Hall–Kier alpha value is -1.25. The Balaban J connectivity index is 2.71. The van der Waals surface area contributed by atoms with Crippen molar-refractivity contribution in [3.8, 4) is 0 Å². The molecule has 1 heterocycles. The topological polar surface area (TPSA) is 42.2 Å². The maximum atomic E-state index is 10.5. The molecule has 3 heteroatoms. The number of carboxylic acid groups (broad SMARTS) is 1. The summed E-state index contributed by atoms with van der Waals surface area (Å²) in [7, 11) is 0. The Morgan fingerprint density at radius 3 is 2.59 bits per heavy atom. The summed E-state index contributed by atoms with van der Waals surface area (Å²) in [6.45, 7) is 9.71. The van der Waals surface area contributed by atoms with Crippen molar-refractivity contribution < 1.29 is 9.90 Å². The third kappa shape index (κ3) is 3.91. The fraction of sp³-hybridized carbons (Fsp3) is 0.643. The highest BCUT2D eigenvalue weighted by Gasteiger charge is 2.10. The molecule has 3 nitrogen and oxygen atoms in total. The van der Waals surface area contributed by atoms with E-state index in [1.54, 1.807) is 0 Å². The molecule has 0 spiro atoms. The maximum absolute atomic E-state index is 10.5. The van der Waals surface area contributed by atoms with Crippen molar-refractivity contribution in [3.63, 3.8) is 0 Å². The largest absolute Gasteiger partial charge is 0.481 e. The predicted molar refractivity (Wildman–Crippen MR) is 69.3 cm³/mol. The van der Waals surface area contributed by atoms with Crippen molar-refractivity contribution in [1.82, 2.24) is 4.57 Å². The lowest BCUT2D eigenvalue weighted by molar-refractivity contribution is -0.137. The molecule has 0 saturated heterocycles. The summed E-state index contributed by atoms with van der Waals surface area (Å²) < 4.78 is 2.33. The Bertz CT molecular complexity index is 391. The number of hydrogen-bond acceptors (Lipinski definition) is 1. The first-order valence-electron chi connectivity index (χ1n) is 6.29. The van der Waals surface area contributed by atoms with E-state index >= 15 is 0 Å². The molecule has 0 aliphatic heterocycles. The highest BCUT2D eigenvalue weighted by molar-refractivity contribution is 5.66. The van der Waals surface area contributed by atoms with E-state index in [0.29, 0.717) is 5.92 Å². The van der Waals surface area contributed by atoms with Gasteiger partial charge in [0.25, 0.3) is 0 Å². The molecule has 0 atom stereocenters. The highest BCUT2D eigenvalue weighted by Crippen LogP contribution is 2.18. The third-order valence-electron chi connectivity index (χ3n) is 3.06. The Morgan fingerprint density at radius 1 is 1.41 bits per heavy atom. The zero-order valence-corrected chi connectivity index (χ0v) is 11.3. The standard InChI is InChI=1S/C14H23NO2/c1-10(2)9-15-11(3)8-13(12(15)4)6-5-7-14(16)17/h8,10H,5-7,9H2,1-4H3,(H,16,17). The summed E-state index contributed by atoms with van der Waals surface area (Å²) in [5.41, 5.74) is 3.87. The van der Waals surface area contributed by atoms with Crippen molar-refractivity contribution in [1.29, 1.82) is 0 Å². The van der Waals surface area contributed by atoms with E-state index in [4.69, 9.17) is 5.11 Å². The SMILES string of the molecule is Cc1cc(CCCC(=O)O)c(C)n1CC(C)C. The second-order valence-electron chi connectivity index (χ2n) is 5.15. The van der Waals surface area contributed by atoms with Gasteiger partial charge in [0.2, 0.25) is 0 Å². The van der Waals surface area contributed by atoms with Gasteiger partial charge < -0.3 is 9.67 Å². The molecule has 0 amide bonds. The number of carbonyl (C=O) groups is 1. The molecule has 0 fully saturated rings. The quantitative estimate of drug-likeness (QED) is 0.825. The van der Waals surface area contributed by atoms with Gasteiger partial charge in [-0.05, 0) is 44.2 Å². The minimum absolute atomic E-state index is 0.258. The normalized spacial score (nSPS) is 11.1. The first kappa shape index (κ1) is 13.8. The van der Waals surface area contributed by atoms with Crippen LogP contribution in [0.3, 0.4) is 0 Å². The Labute approximate surface area is 103 Å². The zero-order chi connectivity index (χ0) is 13.0. The average Bonchev–Trinajstić information content (AvgIpc) is 2.45. The van der Waals surface area contributed by atoms with Crippen LogP contribution in [-0.4, -0.2) is 15.6 Å². The van der Waals surface area contributed by atoms with E-state index in [9.17, 15) is 4.79 Å². The van der Waals surface area contributed by atoms with Crippen LogP contribution in [0.15, 0.2) is 6.07 Å². The number of hydrogen-bond donors (Lipinski definition) is 1. The van der Waals surface area contributed by atoms with Gasteiger partial charge in [-0.3, -0.25) is 4.79 Å². The lowest BCUT2D eigenvalue weighted by Gasteiger charge is -2.12. The maximum Gasteiger partial charge on any atom is 0.303 e. The van der Waals surface area contributed by atoms with Crippen LogP contribution in [0.25, 0.3) is 0 Å². The van der Waals surface area contributed by atoms with Crippen molar-refractivity contribution in [2.75, 3.05) is 0 Å². The monoisotopic (exact) mass is 237 g/mol. The van der Waals surface area contributed by atoms with Gasteiger partial charge in [0.15, 0.2) is 0 Å². The van der Waals surface area contributed by atoms with Gasteiger partial charge in [-0.2, -0.15) is 0 Å². The summed E-state index contributed by atoms with van der Waals surface area (Å²) in [6, 6.07) is 2.19. The molecule has 17 heavy (non-hydrogen) atoms. The first-order chi connectivity index (χ1) is 7.91. The zero-order valence-electron chi connectivity index (χ0n) is 11.3. The molecule has 0 aromatic carbocycles. The van der Waals surface area contributed by atoms with E-state index in [2.05, 4.69) is 38.3 Å². The van der Waals surface area contributed by atoms with E-state index in [-0.39, 0.29) is 6.42 Å². The second-order valence-corrected chi connectivity index (χ2v) is 5.15. The fourth-order valence-electron chi connectivity index (χ4n) is 2.20. The summed E-state index contributed by atoms with van der Waals surface area (Å²) in [5.74, 6) is -0.0762. The minimum Gasteiger partial charge on any atom is -0.481 e. The van der Waals surface area contributed by atoms with Crippen LogP contribution >= 0.6 is 0 Å². The molecule has 1 aromatic rings. The van der Waals surface area contributed by atoms with Gasteiger partial charge >= 0.3 is 5.97 Å². The van der Waals surface area contributed by atoms with Crippen molar-refractivity contribution in [2.45, 2.75) is 53.5 Å². The van der Waals surface area contributed by atoms with Crippen molar-refractivity contribution in [2.24, 2.45) is 5.92 Å². The first-order valence-corrected chi connectivity index (χ1v) is 6.29. The predicted octanol–water partition coefficient (Wildman–Crippen LogP) is 3.17. The summed E-state index contributed by atoms with van der Waals surface area (Å²) in [5, 5.41) is 8.63. The van der Waals surface area contributed by atoms with Gasteiger partial charge in [-0.25, -0.2) is 0 Å². The van der Waals surface area contributed by atoms with Crippen LogP contribution in [0.2, 0.25) is 0 Å². The van der Waals surface area contributed by atoms with Gasteiger partial charge in [-0.1, -0.05) is 13.8 Å². The Kier molecular flexibility index (Phi) is 4.79. The third-order valence-corrected chi connectivity index (χ3v) is 3.06. The lowest BCUT2D eigenvalue weighted by Crippen LogP contribution is -2.08. The van der Waals surface area contributed by atoms with Gasteiger partial charge in [0, 0.05) is 24.4 Å². The van der Waals surface area contributed by atoms with E-state index < -0.39 is 5.97 Å². The van der Waals surface area contributed by atoms with E-state index in [1.807, 2.05) is 0 Å². The summed E-state index contributed by atoms with van der Waals surface area (Å²) in [4.78, 5) is 10.5. The van der Waals surface area contributed by atoms with Crippen LogP contribution in [0.1, 0.15) is 43.6 Å². The lowest BCUT2D eigenvalue weighted by atomic mass is 10.1. The number of rotatable bonds is 6. The van der Waals surface area contributed by atoms with E-state index in [1.165, 1.54) is 17.0 Å². The molecule has 0 saturated carbocycles. The molecular formula is C14H23NO2. The average molecular weight is 237 g/mol. The molecule has 0 aliphatic rings. The van der Waals surface area contributed by atoms with Gasteiger partial charge in [0.05, 0.1) is 0 Å².